The molecule has 2 nitrogen and oxygen atoms in total. The SMILES string of the molecule is CCCOc1ccccc1-c1ccc(CNC)cc1F. The molecule has 0 saturated carbocycles. The Kier molecular flexibility index (Phi) is 5.13. The van der Waals surface area contributed by atoms with Gasteiger partial charge in [-0.3, -0.25) is 0 Å². The quantitative estimate of drug-likeness (QED) is 0.859. The largest absolute Gasteiger partial charge is 0.493 e. The van der Waals surface area contributed by atoms with Crippen LogP contribution in [0.4, 0.5) is 4.39 Å². The van der Waals surface area contributed by atoms with Crippen molar-refractivity contribution in [1.82, 2.24) is 5.32 Å². The number of para-hydroxylation sites is 1. The van der Waals surface area contributed by atoms with Crippen molar-refractivity contribution in [2.75, 3.05) is 13.7 Å². The van der Waals surface area contributed by atoms with Crippen molar-refractivity contribution in [2.24, 2.45) is 0 Å². The highest BCUT2D eigenvalue weighted by molar-refractivity contribution is 5.71. The van der Waals surface area contributed by atoms with E-state index in [1.165, 1.54) is 0 Å². The predicted octanol–water partition coefficient (Wildman–Crippen LogP) is 4.00. The van der Waals surface area contributed by atoms with E-state index in [0.717, 1.165) is 23.3 Å². The second-order valence-corrected chi connectivity index (χ2v) is 4.69. The van der Waals surface area contributed by atoms with Crippen LogP contribution in [-0.4, -0.2) is 13.7 Å². The molecule has 0 aliphatic rings. The molecule has 0 aliphatic carbocycles. The standard InChI is InChI=1S/C17H20FNO/c1-3-10-20-17-7-5-4-6-15(17)14-9-8-13(12-19-2)11-16(14)18/h4-9,11,19H,3,10,12H2,1-2H3. The Labute approximate surface area is 119 Å². The van der Waals surface area contributed by atoms with Gasteiger partial charge in [0.1, 0.15) is 11.6 Å². The first kappa shape index (κ1) is 14.5. The van der Waals surface area contributed by atoms with E-state index in [2.05, 4.69) is 12.2 Å². The van der Waals surface area contributed by atoms with Crippen LogP contribution < -0.4 is 10.1 Å². The molecule has 0 heterocycles. The van der Waals surface area contributed by atoms with Gasteiger partial charge in [-0.05, 0) is 31.2 Å². The van der Waals surface area contributed by atoms with E-state index in [4.69, 9.17) is 4.74 Å². The van der Waals surface area contributed by atoms with Crippen molar-refractivity contribution < 1.29 is 9.13 Å². The molecule has 3 heteroatoms. The molecular weight excluding hydrogens is 253 g/mol. The van der Waals surface area contributed by atoms with Gasteiger partial charge in [0.2, 0.25) is 0 Å². The molecule has 2 rings (SSSR count). The molecule has 2 aromatic carbocycles. The third-order valence-corrected chi connectivity index (χ3v) is 3.05. The first-order valence-electron chi connectivity index (χ1n) is 6.91. The Bertz CT molecular complexity index is 569. The average Bonchev–Trinajstić information content (AvgIpc) is 2.46. The molecule has 0 fully saturated rings. The maximum absolute atomic E-state index is 14.3. The zero-order valence-corrected chi connectivity index (χ0v) is 11.9. The van der Waals surface area contributed by atoms with Gasteiger partial charge in [0.25, 0.3) is 0 Å². The molecule has 0 unspecified atom stereocenters. The van der Waals surface area contributed by atoms with Gasteiger partial charge in [0.05, 0.1) is 6.61 Å². The summed E-state index contributed by atoms with van der Waals surface area (Å²) in [4.78, 5) is 0. The number of nitrogens with one attached hydrogen (secondary N) is 1. The monoisotopic (exact) mass is 273 g/mol. The van der Waals surface area contributed by atoms with Gasteiger partial charge in [-0.25, -0.2) is 4.39 Å². The van der Waals surface area contributed by atoms with Gasteiger partial charge in [-0.1, -0.05) is 37.3 Å². The highest BCUT2D eigenvalue weighted by Crippen LogP contribution is 2.32. The van der Waals surface area contributed by atoms with Crippen LogP contribution in [0.3, 0.4) is 0 Å². The van der Waals surface area contributed by atoms with E-state index in [-0.39, 0.29) is 5.82 Å². The predicted molar refractivity (Wildman–Crippen MR) is 80.4 cm³/mol. The van der Waals surface area contributed by atoms with E-state index >= 15 is 0 Å². The number of hydrogen-bond acceptors (Lipinski definition) is 2. The van der Waals surface area contributed by atoms with Crippen molar-refractivity contribution in [2.45, 2.75) is 19.9 Å². The Hall–Kier alpha value is -1.87. The third-order valence-electron chi connectivity index (χ3n) is 3.05. The zero-order valence-electron chi connectivity index (χ0n) is 11.9. The van der Waals surface area contributed by atoms with Crippen LogP contribution in [0.5, 0.6) is 5.75 Å². The lowest BCUT2D eigenvalue weighted by Crippen LogP contribution is -2.05. The Morgan fingerprint density at radius 1 is 1.10 bits per heavy atom. The van der Waals surface area contributed by atoms with Gasteiger partial charge in [-0.2, -0.15) is 0 Å². The fourth-order valence-corrected chi connectivity index (χ4v) is 2.12. The Balaban J connectivity index is 2.36. The highest BCUT2D eigenvalue weighted by atomic mass is 19.1. The van der Waals surface area contributed by atoms with Gasteiger partial charge in [0.15, 0.2) is 0 Å². The van der Waals surface area contributed by atoms with Crippen molar-refractivity contribution in [3.8, 4) is 16.9 Å². The molecule has 0 radical (unpaired) electrons. The molecule has 0 atom stereocenters. The summed E-state index contributed by atoms with van der Waals surface area (Å²) in [6.07, 6.45) is 0.928. The lowest BCUT2D eigenvalue weighted by molar-refractivity contribution is 0.318. The molecule has 0 spiro atoms. The van der Waals surface area contributed by atoms with Crippen LogP contribution in [0, 0.1) is 5.82 Å². The summed E-state index contributed by atoms with van der Waals surface area (Å²) in [5, 5.41) is 3.02. The number of halogens is 1. The number of benzene rings is 2. The molecule has 0 aromatic heterocycles. The van der Waals surface area contributed by atoms with E-state index in [1.807, 2.05) is 43.4 Å². The maximum Gasteiger partial charge on any atom is 0.131 e. The fraction of sp³-hybridized carbons (Fsp3) is 0.294. The first-order valence-corrected chi connectivity index (χ1v) is 6.91. The summed E-state index contributed by atoms with van der Waals surface area (Å²) in [7, 11) is 1.85. The average molecular weight is 273 g/mol. The fourth-order valence-electron chi connectivity index (χ4n) is 2.12. The molecule has 0 amide bonds. The summed E-state index contributed by atoms with van der Waals surface area (Å²) in [5.41, 5.74) is 2.31. The molecule has 0 saturated heterocycles. The summed E-state index contributed by atoms with van der Waals surface area (Å²) in [6, 6.07) is 12.9. The lowest BCUT2D eigenvalue weighted by Gasteiger charge is -2.12. The highest BCUT2D eigenvalue weighted by Gasteiger charge is 2.11. The summed E-state index contributed by atoms with van der Waals surface area (Å²) in [6.45, 7) is 3.34. The molecule has 106 valence electrons. The van der Waals surface area contributed by atoms with E-state index < -0.39 is 0 Å². The normalized spacial score (nSPS) is 10.6. The van der Waals surface area contributed by atoms with Crippen molar-refractivity contribution in [1.29, 1.82) is 0 Å². The van der Waals surface area contributed by atoms with Crippen LogP contribution in [0.1, 0.15) is 18.9 Å². The minimum absolute atomic E-state index is 0.217. The molecular formula is C17H20FNO. The minimum atomic E-state index is -0.217. The van der Waals surface area contributed by atoms with Gasteiger partial charge >= 0.3 is 0 Å². The third kappa shape index (κ3) is 3.36. The first-order chi connectivity index (χ1) is 9.76. The van der Waals surface area contributed by atoms with E-state index in [0.29, 0.717) is 18.7 Å². The van der Waals surface area contributed by atoms with Crippen molar-refractivity contribution in [3.05, 3.63) is 53.8 Å². The van der Waals surface area contributed by atoms with Gasteiger partial charge in [0, 0.05) is 17.7 Å². The molecule has 0 bridgehead atoms. The van der Waals surface area contributed by atoms with Crippen LogP contribution >= 0.6 is 0 Å². The summed E-state index contributed by atoms with van der Waals surface area (Å²) >= 11 is 0. The zero-order chi connectivity index (χ0) is 14.4. The Morgan fingerprint density at radius 2 is 1.90 bits per heavy atom. The van der Waals surface area contributed by atoms with Crippen LogP contribution in [0.2, 0.25) is 0 Å². The summed E-state index contributed by atoms with van der Waals surface area (Å²) < 4.78 is 20.0. The van der Waals surface area contributed by atoms with E-state index in [9.17, 15) is 4.39 Å². The van der Waals surface area contributed by atoms with Gasteiger partial charge in [-0.15, -0.1) is 0 Å². The maximum atomic E-state index is 14.3. The van der Waals surface area contributed by atoms with E-state index in [1.54, 1.807) is 6.07 Å². The topological polar surface area (TPSA) is 21.3 Å². The molecule has 0 aliphatic heterocycles. The summed E-state index contributed by atoms with van der Waals surface area (Å²) in [5.74, 6) is 0.514. The van der Waals surface area contributed by atoms with Gasteiger partial charge < -0.3 is 10.1 Å². The second kappa shape index (κ2) is 7.06. The number of hydrogen-bond donors (Lipinski definition) is 1. The Morgan fingerprint density at radius 3 is 2.60 bits per heavy atom. The number of rotatable bonds is 6. The molecule has 20 heavy (non-hydrogen) atoms. The van der Waals surface area contributed by atoms with Crippen molar-refractivity contribution in [3.63, 3.8) is 0 Å². The smallest absolute Gasteiger partial charge is 0.131 e. The van der Waals surface area contributed by atoms with Crippen molar-refractivity contribution >= 4 is 0 Å². The minimum Gasteiger partial charge on any atom is -0.493 e. The van der Waals surface area contributed by atoms with Crippen LogP contribution in [0.25, 0.3) is 11.1 Å². The second-order valence-electron chi connectivity index (χ2n) is 4.69. The van der Waals surface area contributed by atoms with Crippen LogP contribution in [0.15, 0.2) is 42.5 Å². The number of ether oxygens (including phenoxy) is 1. The molecule has 1 N–H and O–H groups in total. The lowest BCUT2D eigenvalue weighted by atomic mass is 10.0. The van der Waals surface area contributed by atoms with Crippen LogP contribution in [-0.2, 0) is 6.54 Å². The molecule has 2 aromatic rings.